The van der Waals surface area contributed by atoms with Gasteiger partial charge < -0.3 is 25.2 Å². The molecule has 32 heavy (non-hydrogen) atoms. The summed E-state index contributed by atoms with van der Waals surface area (Å²) in [5, 5.41) is 17.9. The molecule has 0 heterocycles. The summed E-state index contributed by atoms with van der Waals surface area (Å²) in [6.07, 6.45) is -1.46. The van der Waals surface area contributed by atoms with Gasteiger partial charge in [-0.3, -0.25) is 0 Å². The van der Waals surface area contributed by atoms with Crippen molar-refractivity contribution in [3.8, 4) is 16.9 Å². The van der Waals surface area contributed by atoms with E-state index in [9.17, 15) is 9.90 Å². The summed E-state index contributed by atoms with van der Waals surface area (Å²) >= 11 is 12.0. The summed E-state index contributed by atoms with van der Waals surface area (Å²) in [5.41, 5.74) is 3.52. The zero-order valence-electron chi connectivity index (χ0n) is 17.5. The lowest BCUT2D eigenvalue weighted by atomic mass is 10.0. The van der Waals surface area contributed by atoms with Gasteiger partial charge in [-0.15, -0.1) is 0 Å². The number of rotatable bonds is 9. The molecule has 0 amide bonds. The van der Waals surface area contributed by atoms with Crippen molar-refractivity contribution in [2.75, 3.05) is 32.1 Å². The van der Waals surface area contributed by atoms with Gasteiger partial charge in [0, 0.05) is 35.4 Å². The number of aliphatic hydroxyl groups excluding tert-OH is 1. The maximum atomic E-state index is 11.3. The van der Waals surface area contributed by atoms with E-state index >= 15 is 0 Å². The van der Waals surface area contributed by atoms with E-state index in [0.29, 0.717) is 41.0 Å². The van der Waals surface area contributed by atoms with Gasteiger partial charge in [-0.1, -0.05) is 47.5 Å². The molecule has 0 bridgehead atoms. The third-order valence-electron chi connectivity index (χ3n) is 4.64. The Kier molecular flexibility index (Phi) is 8.76. The molecular weight excluding hydrogens is 451 g/mol. The zero-order chi connectivity index (χ0) is 22.9. The third-order valence-corrected chi connectivity index (χ3v) is 5.07. The van der Waals surface area contributed by atoms with Crippen molar-refractivity contribution in [3.05, 3.63) is 82.3 Å². The van der Waals surface area contributed by atoms with Crippen molar-refractivity contribution in [2.24, 2.45) is 0 Å². The molecule has 168 valence electrons. The minimum Gasteiger partial charge on any atom is -0.437 e. The van der Waals surface area contributed by atoms with Gasteiger partial charge in [0.1, 0.15) is 5.75 Å². The number of aliphatic hydroxyl groups is 1. The molecule has 0 aliphatic carbocycles. The van der Waals surface area contributed by atoms with E-state index in [0.717, 1.165) is 16.8 Å². The van der Waals surface area contributed by atoms with Gasteiger partial charge in [0.25, 0.3) is 0 Å². The SMILES string of the molecule is COC(=O)Oc1cccc(-c2cccc(NCCNC[C@H](O)c3cc(Cl)cc(Cl)c3)c2)c1. The van der Waals surface area contributed by atoms with Crippen LogP contribution in [0.15, 0.2) is 66.7 Å². The molecule has 8 heteroatoms. The average molecular weight is 475 g/mol. The Morgan fingerprint density at radius 1 is 0.969 bits per heavy atom. The number of hydrogen-bond donors (Lipinski definition) is 3. The summed E-state index contributed by atoms with van der Waals surface area (Å²) in [7, 11) is 1.27. The largest absolute Gasteiger partial charge is 0.513 e. The van der Waals surface area contributed by atoms with Crippen LogP contribution in [-0.4, -0.2) is 38.0 Å². The second-order valence-corrected chi connectivity index (χ2v) is 7.89. The maximum absolute atomic E-state index is 11.3. The van der Waals surface area contributed by atoms with E-state index in [-0.39, 0.29) is 0 Å². The van der Waals surface area contributed by atoms with Crippen LogP contribution in [0.5, 0.6) is 5.75 Å². The number of carbonyl (C=O) groups is 1. The molecule has 0 spiro atoms. The second-order valence-electron chi connectivity index (χ2n) is 7.01. The molecule has 0 aromatic heterocycles. The van der Waals surface area contributed by atoms with E-state index in [4.69, 9.17) is 27.9 Å². The molecule has 0 saturated carbocycles. The summed E-state index contributed by atoms with van der Waals surface area (Å²) in [6.45, 7) is 1.70. The number of ether oxygens (including phenoxy) is 2. The lowest BCUT2D eigenvalue weighted by Gasteiger charge is -2.14. The molecule has 6 nitrogen and oxygen atoms in total. The molecule has 0 unspecified atom stereocenters. The van der Waals surface area contributed by atoms with Gasteiger partial charge in [0.2, 0.25) is 0 Å². The van der Waals surface area contributed by atoms with Crippen LogP contribution in [0.25, 0.3) is 11.1 Å². The monoisotopic (exact) mass is 474 g/mol. The van der Waals surface area contributed by atoms with Gasteiger partial charge in [0.05, 0.1) is 13.2 Å². The molecule has 3 aromatic rings. The van der Waals surface area contributed by atoms with E-state index in [1.807, 2.05) is 36.4 Å². The van der Waals surface area contributed by atoms with Crippen LogP contribution in [0, 0.1) is 0 Å². The predicted octanol–water partition coefficient (Wildman–Crippen LogP) is 5.54. The first-order chi connectivity index (χ1) is 15.4. The normalized spacial score (nSPS) is 11.6. The predicted molar refractivity (Wildman–Crippen MR) is 128 cm³/mol. The lowest BCUT2D eigenvalue weighted by molar-refractivity contribution is 0.121. The smallest absolute Gasteiger partial charge is 0.437 e. The van der Waals surface area contributed by atoms with Crippen molar-refractivity contribution in [1.82, 2.24) is 5.32 Å². The number of carbonyl (C=O) groups excluding carboxylic acids is 1. The molecular formula is C24H24Cl2N2O4. The van der Waals surface area contributed by atoms with Gasteiger partial charge in [0.15, 0.2) is 0 Å². The molecule has 3 aromatic carbocycles. The van der Waals surface area contributed by atoms with Gasteiger partial charge >= 0.3 is 6.16 Å². The van der Waals surface area contributed by atoms with Gasteiger partial charge in [-0.25, -0.2) is 4.79 Å². The van der Waals surface area contributed by atoms with Crippen molar-refractivity contribution in [3.63, 3.8) is 0 Å². The fourth-order valence-electron chi connectivity index (χ4n) is 3.11. The molecule has 0 fully saturated rings. The molecule has 3 N–H and O–H groups in total. The standard InChI is InChI=1S/C24H24Cl2N2O4/c1-31-24(30)32-22-7-3-5-17(13-22)16-4-2-6-21(12-16)28-9-8-27-15-23(29)18-10-19(25)14-20(26)11-18/h2-7,10-14,23,27-29H,8-9,15H2,1H3/t23-/m0/s1. The summed E-state index contributed by atoms with van der Waals surface area (Å²) in [6, 6.07) is 20.2. The van der Waals surface area contributed by atoms with Crippen LogP contribution in [0.2, 0.25) is 10.0 Å². The first-order valence-electron chi connectivity index (χ1n) is 9.99. The molecule has 0 aliphatic rings. The van der Waals surface area contributed by atoms with Crippen LogP contribution in [-0.2, 0) is 4.74 Å². The maximum Gasteiger partial charge on any atom is 0.513 e. The van der Waals surface area contributed by atoms with Crippen LogP contribution < -0.4 is 15.4 Å². The number of halogens is 2. The Morgan fingerprint density at radius 2 is 1.66 bits per heavy atom. The number of nitrogens with one attached hydrogen (secondary N) is 2. The molecule has 0 aliphatic heterocycles. The van der Waals surface area contributed by atoms with E-state index in [1.165, 1.54) is 7.11 Å². The Labute approximate surface area is 197 Å². The fraction of sp³-hybridized carbons (Fsp3) is 0.208. The average Bonchev–Trinajstić information content (AvgIpc) is 2.78. The first-order valence-corrected chi connectivity index (χ1v) is 10.7. The topological polar surface area (TPSA) is 79.8 Å². The Morgan fingerprint density at radius 3 is 2.38 bits per heavy atom. The second kappa shape index (κ2) is 11.7. The van der Waals surface area contributed by atoms with Crippen molar-refractivity contribution >= 4 is 35.0 Å². The number of anilines is 1. The lowest BCUT2D eigenvalue weighted by Crippen LogP contribution is -2.26. The quantitative estimate of drug-likeness (QED) is 0.214. The number of methoxy groups -OCH3 is 1. The number of hydrogen-bond acceptors (Lipinski definition) is 6. The van der Waals surface area contributed by atoms with E-state index in [1.54, 1.807) is 30.3 Å². The third kappa shape index (κ3) is 7.14. The van der Waals surface area contributed by atoms with E-state index in [2.05, 4.69) is 15.4 Å². The molecule has 0 radical (unpaired) electrons. The molecule has 3 rings (SSSR count). The highest BCUT2D eigenvalue weighted by Crippen LogP contribution is 2.26. The number of benzene rings is 3. The van der Waals surface area contributed by atoms with E-state index < -0.39 is 12.3 Å². The van der Waals surface area contributed by atoms with Gasteiger partial charge in [-0.2, -0.15) is 0 Å². The highest BCUT2D eigenvalue weighted by Gasteiger charge is 2.09. The summed E-state index contributed by atoms with van der Waals surface area (Å²) in [5.74, 6) is 0.413. The summed E-state index contributed by atoms with van der Waals surface area (Å²) < 4.78 is 9.62. The molecule has 0 saturated heterocycles. The van der Waals surface area contributed by atoms with Crippen LogP contribution in [0.4, 0.5) is 10.5 Å². The van der Waals surface area contributed by atoms with Gasteiger partial charge in [-0.05, 0) is 59.2 Å². The highest BCUT2D eigenvalue weighted by molar-refractivity contribution is 6.34. The van der Waals surface area contributed by atoms with Crippen molar-refractivity contribution in [1.29, 1.82) is 0 Å². The van der Waals surface area contributed by atoms with Crippen LogP contribution in [0.1, 0.15) is 11.7 Å². The Bertz CT molecular complexity index is 1040. The van der Waals surface area contributed by atoms with Crippen LogP contribution >= 0.6 is 23.2 Å². The Hall–Kier alpha value is -2.77. The molecule has 1 atom stereocenters. The highest BCUT2D eigenvalue weighted by atomic mass is 35.5. The minimum absolute atomic E-state index is 0.380. The van der Waals surface area contributed by atoms with Crippen molar-refractivity contribution < 1.29 is 19.4 Å². The summed E-state index contributed by atoms with van der Waals surface area (Å²) in [4.78, 5) is 11.3. The first kappa shape index (κ1) is 23.9. The fourth-order valence-corrected chi connectivity index (χ4v) is 3.65. The Balaban J connectivity index is 1.50. The zero-order valence-corrected chi connectivity index (χ0v) is 19.0. The minimum atomic E-state index is -0.756. The van der Waals surface area contributed by atoms with Crippen LogP contribution in [0.3, 0.4) is 0 Å². The van der Waals surface area contributed by atoms with Crippen molar-refractivity contribution in [2.45, 2.75) is 6.10 Å².